The van der Waals surface area contributed by atoms with Gasteiger partial charge >= 0.3 is 0 Å². The minimum absolute atomic E-state index is 0.895. The summed E-state index contributed by atoms with van der Waals surface area (Å²) in [5.74, 6) is 0. The van der Waals surface area contributed by atoms with Crippen molar-refractivity contribution in [2.45, 2.75) is 53.1 Å². The second-order valence-electron chi connectivity index (χ2n) is 8.76. The number of aromatic nitrogens is 2. The van der Waals surface area contributed by atoms with Crippen LogP contribution in [0.2, 0.25) is 0 Å². The van der Waals surface area contributed by atoms with Crippen LogP contribution in [0.15, 0.2) is 91.5 Å². The zero-order valence-electron chi connectivity index (χ0n) is 19.6. The highest BCUT2D eigenvalue weighted by atomic mass is 14.9. The second-order valence-corrected chi connectivity index (χ2v) is 8.76. The molecule has 4 rings (SSSR count). The molecule has 0 unspecified atom stereocenters. The van der Waals surface area contributed by atoms with Crippen molar-refractivity contribution in [3.8, 4) is 22.3 Å². The minimum atomic E-state index is 0.895. The first-order chi connectivity index (χ1) is 15.6. The highest BCUT2D eigenvalue weighted by Crippen LogP contribution is 2.27. The predicted molar refractivity (Wildman–Crippen MR) is 132 cm³/mol. The fraction of sp³-hybridized carbons (Fsp3) is 0.267. The number of nitrogens with zero attached hydrogens (tertiary/aromatic N) is 2. The molecule has 32 heavy (non-hydrogen) atoms. The lowest BCUT2D eigenvalue weighted by Crippen LogP contribution is -2.33. The number of unbranched alkanes of at least 4 members (excludes halogenated alkanes) is 2. The summed E-state index contributed by atoms with van der Waals surface area (Å²) in [6.07, 6.45) is 12.7. The summed E-state index contributed by atoms with van der Waals surface area (Å²) in [7, 11) is 0. The molecule has 0 aliphatic carbocycles. The summed E-state index contributed by atoms with van der Waals surface area (Å²) in [6.45, 7) is 8.66. The Hall–Kier alpha value is -3.26. The van der Waals surface area contributed by atoms with E-state index in [4.69, 9.17) is 0 Å². The van der Waals surface area contributed by atoms with Crippen molar-refractivity contribution in [1.29, 1.82) is 0 Å². The fourth-order valence-electron chi connectivity index (χ4n) is 4.38. The highest BCUT2D eigenvalue weighted by molar-refractivity contribution is 5.72. The molecule has 4 aromatic rings. The summed E-state index contributed by atoms with van der Waals surface area (Å²) in [5, 5.41) is 0. The van der Waals surface area contributed by atoms with Gasteiger partial charge in [-0.05, 0) is 42.5 Å². The van der Waals surface area contributed by atoms with Crippen molar-refractivity contribution in [3.63, 3.8) is 0 Å². The first-order valence-electron chi connectivity index (χ1n) is 11.8. The van der Waals surface area contributed by atoms with Crippen molar-refractivity contribution >= 4 is 0 Å². The smallest absolute Gasteiger partial charge is 0.173 e. The van der Waals surface area contributed by atoms with Crippen LogP contribution in [-0.2, 0) is 13.1 Å². The maximum atomic E-state index is 2.32. The standard InChI is InChI=1S/C30H34N2/c1-4-5-9-18-31-19-16-29(24(2)21-31)27-12-14-28(15-13-27)30-17-20-32(22-25(30)3)23-26-10-7-6-8-11-26/h6-8,10-17,19-22H,4-5,9,18,23H2,1-3H3/q+2. The van der Waals surface area contributed by atoms with Crippen LogP contribution in [0.1, 0.15) is 42.9 Å². The Bertz CT molecular complexity index is 1160. The molecule has 0 aliphatic rings. The van der Waals surface area contributed by atoms with E-state index in [0.29, 0.717) is 0 Å². The second kappa shape index (κ2) is 10.4. The number of hydrogen-bond donors (Lipinski definition) is 0. The molecule has 0 atom stereocenters. The topological polar surface area (TPSA) is 7.76 Å². The predicted octanol–water partition coefficient (Wildman–Crippen LogP) is 6.45. The van der Waals surface area contributed by atoms with Gasteiger partial charge in [-0.25, -0.2) is 9.13 Å². The number of pyridine rings is 2. The molecule has 2 heterocycles. The lowest BCUT2D eigenvalue weighted by Gasteiger charge is -2.09. The normalized spacial score (nSPS) is 11.0. The van der Waals surface area contributed by atoms with E-state index in [-0.39, 0.29) is 0 Å². The van der Waals surface area contributed by atoms with Crippen molar-refractivity contribution < 1.29 is 9.13 Å². The molecule has 0 aliphatic heterocycles. The molecule has 0 saturated heterocycles. The highest BCUT2D eigenvalue weighted by Gasteiger charge is 2.11. The number of rotatable bonds is 8. The van der Waals surface area contributed by atoms with Gasteiger partial charge in [-0.15, -0.1) is 0 Å². The van der Waals surface area contributed by atoms with Gasteiger partial charge in [0.2, 0.25) is 0 Å². The molecule has 0 radical (unpaired) electrons. The summed E-state index contributed by atoms with van der Waals surface area (Å²) < 4.78 is 4.58. The van der Waals surface area contributed by atoms with Crippen molar-refractivity contribution in [3.05, 3.63) is 108 Å². The summed E-state index contributed by atoms with van der Waals surface area (Å²) in [6, 6.07) is 24.1. The first-order valence-corrected chi connectivity index (χ1v) is 11.8. The molecular formula is C30H34N2+2. The molecule has 0 bridgehead atoms. The van der Waals surface area contributed by atoms with E-state index in [9.17, 15) is 0 Å². The van der Waals surface area contributed by atoms with Gasteiger partial charge in [-0.1, -0.05) is 67.9 Å². The molecule has 0 amide bonds. The van der Waals surface area contributed by atoms with Gasteiger partial charge in [0, 0.05) is 35.2 Å². The third-order valence-corrected chi connectivity index (χ3v) is 6.17. The van der Waals surface area contributed by atoms with Crippen LogP contribution in [0.25, 0.3) is 22.3 Å². The molecule has 2 heteroatoms. The zero-order valence-corrected chi connectivity index (χ0v) is 19.6. The number of benzene rings is 2. The van der Waals surface area contributed by atoms with Crippen molar-refractivity contribution in [2.75, 3.05) is 0 Å². The van der Waals surface area contributed by atoms with E-state index in [0.717, 1.165) is 13.1 Å². The van der Waals surface area contributed by atoms with E-state index in [1.807, 2.05) is 0 Å². The first kappa shape index (κ1) is 22.0. The molecule has 0 saturated carbocycles. The molecular weight excluding hydrogens is 388 g/mol. The molecule has 0 fully saturated rings. The Morgan fingerprint density at radius 3 is 1.75 bits per heavy atom. The molecule has 0 N–H and O–H groups in total. The Morgan fingerprint density at radius 1 is 0.625 bits per heavy atom. The lowest BCUT2D eigenvalue weighted by molar-refractivity contribution is -0.697. The van der Waals surface area contributed by atoms with Gasteiger partial charge in [-0.3, -0.25) is 0 Å². The Balaban J connectivity index is 1.50. The fourth-order valence-corrected chi connectivity index (χ4v) is 4.38. The van der Waals surface area contributed by atoms with Crippen molar-refractivity contribution in [2.24, 2.45) is 0 Å². The average molecular weight is 423 g/mol. The van der Waals surface area contributed by atoms with Crippen molar-refractivity contribution in [1.82, 2.24) is 0 Å². The third kappa shape index (κ3) is 5.31. The minimum Gasteiger partial charge on any atom is -0.205 e. The molecule has 2 aromatic carbocycles. The quantitative estimate of drug-likeness (QED) is 0.228. The lowest BCUT2D eigenvalue weighted by atomic mass is 9.97. The van der Waals surface area contributed by atoms with Crippen LogP contribution in [-0.4, -0.2) is 0 Å². The van der Waals surface area contributed by atoms with Crippen LogP contribution < -0.4 is 9.13 Å². The van der Waals surface area contributed by atoms with Crippen LogP contribution >= 0.6 is 0 Å². The van der Waals surface area contributed by atoms with Crippen LogP contribution in [0.3, 0.4) is 0 Å². The molecule has 0 spiro atoms. The molecule has 2 aromatic heterocycles. The van der Waals surface area contributed by atoms with Gasteiger partial charge in [0.25, 0.3) is 0 Å². The van der Waals surface area contributed by atoms with Gasteiger partial charge in [0.05, 0.1) is 0 Å². The van der Waals surface area contributed by atoms with Gasteiger partial charge in [0.15, 0.2) is 31.3 Å². The van der Waals surface area contributed by atoms with Gasteiger partial charge in [-0.2, -0.15) is 0 Å². The molecule has 162 valence electrons. The van der Waals surface area contributed by atoms with Crippen LogP contribution in [0.4, 0.5) is 0 Å². The van der Waals surface area contributed by atoms with Crippen LogP contribution in [0, 0.1) is 13.8 Å². The SMILES string of the molecule is CCCCC[n+]1ccc(-c2ccc(-c3cc[n+](Cc4ccccc4)cc3C)cc2)c(C)c1. The van der Waals surface area contributed by atoms with Crippen LogP contribution in [0.5, 0.6) is 0 Å². The van der Waals surface area contributed by atoms with E-state index in [1.54, 1.807) is 0 Å². The summed E-state index contributed by atoms with van der Waals surface area (Å²) >= 11 is 0. The van der Waals surface area contributed by atoms with Gasteiger partial charge < -0.3 is 0 Å². The molecule has 2 nitrogen and oxygen atoms in total. The average Bonchev–Trinajstić information content (AvgIpc) is 2.81. The zero-order chi connectivity index (χ0) is 22.3. The number of aryl methyl sites for hydroxylation is 3. The third-order valence-electron chi connectivity index (χ3n) is 6.17. The Kier molecular flexibility index (Phi) is 7.11. The van der Waals surface area contributed by atoms with E-state index in [1.165, 1.54) is 58.2 Å². The largest absolute Gasteiger partial charge is 0.205 e. The summed E-state index contributed by atoms with van der Waals surface area (Å²) in [5.41, 5.74) is 9.09. The maximum Gasteiger partial charge on any atom is 0.173 e. The maximum absolute atomic E-state index is 2.32. The van der Waals surface area contributed by atoms with E-state index < -0.39 is 0 Å². The summed E-state index contributed by atoms with van der Waals surface area (Å²) in [4.78, 5) is 0. The Labute approximate surface area is 192 Å². The monoisotopic (exact) mass is 422 g/mol. The Morgan fingerprint density at radius 2 is 1.19 bits per heavy atom. The van der Waals surface area contributed by atoms with E-state index >= 15 is 0 Å². The van der Waals surface area contributed by atoms with E-state index in [2.05, 4.69) is 121 Å². The van der Waals surface area contributed by atoms with Gasteiger partial charge in [0.1, 0.15) is 6.54 Å². The number of hydrogen-bond acceptors (Lipinski definition) is 0.